The number of ether oxygens (including phenoxy) is 1. The molecule has 0 spiro atoms. The minimum atomic E-state index is -4.11. The SMILES string of the molecule is COC(=O)[C@H](CC(C)C)NC(=O)CNS(=O)(=O)c1cccc(S(C)(=O)=O)c1. The number of sulfone groups is 1. The third-order valence-electron chi connectivity index (χ3n) is 3.49. The summed E-state index contributed by atoms with van der Waals surface area (Å²) in [4.78, 5) is 23.3. The summed E-state index contributed by atoms with van der Waals surface area (Å²) >= 11 is 0. The number of hydrogen-bond donors (Lipinski definition) is 2. The standard InChI is InChI=1S/C16H24N2O7S2/c1-11(2)8-14(16(20)25-3)18-15(19)10-17-27(23,24)13-7-5-6-12(9-13)26(4,21)22/h5-7,9,11,14,17H,8,10H2,1-4H3,(H,18,19)/t14-/m0/s1. The molecule has 0 aliphatic carbocycles. The topological polar surface area (TPSA) is 136 Å². The second kappa shape index (κ2) is 9.29. The van der Waals surface area contributed by atoms with Crippen LogP contribution in [0.2, 0.25) is 0 Å². The number of sulfonamides is 1. The first-order valence-corrected chi connectivity index (χ1v) is 11.4. The molecule has 152 valence electrons. The number of esters is 1. The predicted molar refractivity (Wildman–Crippen MR) is 98.1 cm³/mol. The van der Waals surface area contributed by atoms with E-state index in [1.807, 2.05) is 13.8 Å². The number of carbonyl (C=O) groups is 2. The van der Waals surface area contributed by atoms with Crippen molar-refractivity contribution in [3.8, 4) is 0 Å². The second-order valence-electron chi connectivity index (χ2n) is 6.34. The predicted octanol–water partition coefficient (Wildman–Crippen LogP) is 0.0723. The van der Waals surface area contributed by atoms with Gasteiger partial charge >= 0.3 is 5.97 Å². The van der Waals surface area contributed by atoms with Gasteiger partial charge in [0, 0.05) is 6.26 Å². The molecule has 27 heavy (non-hydrogen) atoms. The van der Waals surface area contributed by atoms with Crippen molar-refractivity contribution in [2.45, 2.75) is 36.1 Å². The fraction of sp³-hybridized carbons (Fsp3) is 0.500. The van der Waals surface area contributed by atoms with Gasteiger partial charge < -0.3 is 10.1 Å². The smallest absolute Gasteiger partial charge is 0.328 e. The molecule has 1 rings (SSSR count). The van der Waals surface area contributed by atoms with Gasteiger partial charge in [-0.1, -0.05) is 19.9 Å². The number of rotatable bonds is 9. The molecule has 0 saturated heterocycles. The van der Waals surface area contributed by atoms with E-state index < -0.39 is 44.3 Å². The average molecular weight is 421 g/mol. The summed E-state index contributed by atoms with van der Waals surface area (Å²) < 4.78 is 54.4. The van der Waals surface area contributed by atoms with E-state index in [4.69, 9.17) is 0 Å². The Balaban J connectivity index is 2.84. The fourth-order valence-electron chi connectivity index (χ4n) is 2.19. The molecule has 0 radical (unpaired) electrons. The van der Waals surface area contributed by atoms with Gasteiger partial charge in [-0.15, -0.1) is 0 Å². The minimum absolute atomic E-state index is 0.102. The molecular weight excluding hydrogens is 396 g/mol. The molecule has 0 bridgehead atoms. The summed E-state index contributed by atoms with van der Waals surface area (Å²) in [6.45, 7) is 3.11. The van der Waals surface area contributed by atoms with Crippen LogP contribution in [0.15, 0.2) is 34.1 Å². The van der Waals surface area contributed by atoms with Gasteiger partial charge in [0.2, 0.25) is 15.9 Å². The minimum Gasteiger partial charge on any atom is -0.467 e. The van der Waals surface area contributed by atoms with Crippen molar-refractivity contribution < 1.29 is 31.2 Å². The van der Waals surface area contributed by atoms with Crippen LogP contribution in [0.1, 0.15) is 20.3 Å². The van der Waals surface area contributed by atoms with Crippen molar-refractivity contribution >= 4 is 31.7 Å². The van der Waals surface area contributed by atoms with Crippen LogP contribution in [0.5, 0.6) is 0 Å². The van der Waals surface area contributed by atoms with E-state index in [0.29, 0.717) is 6.42 Å². The molecule has 1 atom stereocenters. The van der Waals surface area contributed by atoms with Gasteiger partial charge in [0.15, 0.2) is 9.84 Å². The molecule has 0 saturated carbocycles. The van der Waals surface area contributed by atoms with Gasteiger partial charge in [-0.2, -0.15) is 0 Å². The molecule has 1 amide bonds. The van der Waals surface area contributed by atoms with E-state index in [1.165, 1.54) is 25.3 Å². The van der Waals surface area contributed by atoms with Crippen LogP contribution in [0, 0.1) is 5.92 Å². The summed E-state index contributed by atoms with van der Waals surface area (Å²) in [6.07, 6.45) is 1.29. The fourth-order valence-corrected chi connectivity index (χ4v) is 3.96. The summed E-state index contributed by atoms with van der Waals surface area (Å²) in [6, 6.07) is 3.89. The van der Waals surface area contributed by atoms with Gasteiger partial charge in [0.1, 0.15) is 6.04 Å². The normalized spacial score (nSPS) is 13.2. The van der Waals surface area contributed by atoms with Crippen LogP contribution in [0.4, 0.5) is 0 Å². The molecule has 11 heteroatoms. The maximum atomic E-state index is 12.3. The molecule has 1 aromatic rings. The van der Waals surface area contributed by atoms with E-state index >= 15 is 0 Å². The quantitative estimate of drug-likeness (QED) is 0.540. The lowest BCUT2D eigenvalue weighted by atomic mass is 10.0. The van der Waals surface area contributed by atoms with Crippen LogP contribution in [-0.4, -0.2) is 54.7 Å². The monoisotopic (exact) mass is 420 g/mol. The van der Waals surface area contributed by atoms with Gasteiger partial charge in [0.05, 0.1) is 23.4 Å². The Hall–Kier alpha value is -1.98. The van der Waals surface area contributed by atoms with Gasteiger partial charge in [-0.25, -0.2) is 26.4 Å². The van der Waals surface area contributed by atoms with Crippen molar-refractivity contribution in [3.05, 3.63) is 24.3 Å². The van der Waals surface area contributed by atoms with Crippen LogP contribution < -0.4 is 10.0 Å². The number of nitrogens with one attached hydrogen (secondary N) is 2. The number of methoxy groups -OCH3 is 1. The lowest BCUT2D eigenvalue weighted by Gasteiger charge is -2.18. The lowest BCUT2D eigenvalue weighted by molar-refractivity contribution is -0.145. The summed E-state index contributed by atoms with van der Waals surface area (Å²) in [5, 5.41) is 2.42. The molecule has 0 aliphatic heterocycles. The molecule has 0 aliphatic rings. The number of hydrogen-bond acceptors (Lipinski definition) is 7. The molecule has 0 heterocycles. The van der Waals surface area contributed by atoms with Gasteiger partial charge in [0.25, 0.3) is 0 Å². The van der Waals surface area contributed by atoms with E-state index in [1.54, 1.807) is 0 Å². The van der Waals surface area contributed by atoms with Crippen molar-refractivity contribution in [1.82, 2.24) is 10.0 Å². The van der Waals surface area contributed by atoms with Crippen molar-refractivity contribution in [1.29, 1.82) is 0 Å². The molecule has 9 nitrogen and oxygen atoms in total. The highest BCUT2D eigenvalue weighted by molar-refractivity contribution is 7.91. The Bertz CT molecular complexity index is 893. The van der Waals surface area contributed by atoms with Gasteiger partial charge in [-0.05, 0) is 30.5 Å². The highest BCUT2D eigenvalue weighted by atomic mass is 32.2. The molecule has 0 aromatic heterocycles. The van der Waals surface area contributed by atoms with Crippen LogP contribution in [0.3, 0.4) is 0 Å². The highest BCUT2D eigenvalue weighted by Gasteiger charge is 2.24. The number of benzene rings is 1. The molecule has 2 N–H and O–H groups in total. The lowest BCUT2D eigenvalue weighted by Crippen LogP contribution is -2.46. The Labute approximate surface area is 159 Å². The van der Waals surface area contributed by atoms with Gasteiger partial charge in [-0.3, -0.25) is 4.79 Å². The Morgan fingerprint density at radius 3 is 2.22 bits per heavy atom. The van der Waals surface area contributed by atoms with E-state index in [9.17, 15) is 26.4 Å². The molecule has 0 unspecified atom stereocenters. The second-order valence-corrected chi connectivity index (χ2v) is 10.1. The van der Waals surface area contributed by atoms with Crippen molar-refractivity contribution in [3.63, 3.8) is 0 Å². The average Bonchev–Trinajstić information content (AvgIpc) is 2.57. The Morgan fingerprint density at radius 2 is 1.70 bits per heavy atom. The number of carbonyl (C=O) groups excluding carboxylic acids is 2. The van der Waals surface area contributed by atoms with Crippen LogP contribution >= 0.6 is 0 Å². The first kappa shape index (κ1) is 23.1. The Kier molecular flexibility index (Phi) is 7.93. The number of amides is 1. The zero-order chi connectivity index (χ0) is 20.8. The summed E-state index contributed by atoms with van der Waals surface area (Å²) in [5.41, 5.74) is 0. The summed E-state index contributed by atoms with van der Waals surface area (Å²) in [5.74, 6) is -1.24. The third kappa shape index (κ3) is 7.27. The highest BCUT2D eigenvalue weighted by Crippen LogP contribution is 2.15. The molecular formula is C16H24N2O7S2. The van der Waals surface area contributed by atoms with Crippen molar-refractivity contribution in [2.75, 3.05) is 19.9 Å². The summed E-state index contributed by atoms with van der Waals surface area (Å²) in [7, 11) is -6.50. The first-order valence-electron chi connectivity index (χ1n) is 8.03. The van der Waals surface area contributed by atoms with Crippen molar-refractivity contribution in [2.24, 2.45) is 5.92 Å². The molecule has 1 aromatic carbocycles. The largest absolute Gasteiger partial charge is 0.467 e. The zero-order valence-electron chi connectivity index (χ0n) is 15.6. The van der Waals surface area contributed by atoms with E-state index in [0.717, 1.165) is 12.3 Å². The third-order valence-corrected chi connectivity index (χ3v) is 6.00. The van der Waals surface area contributed by atoms with Crippen LogP contribution in [-0.2, 0) is 34.2 Å². The van der Waals surface area contributed by atoms with E-state index in [2.05, 4.69) is 14.8 Å². The first-order chi connectivity index (χ1) is 12.4. The maximum absolute atomic E-state index is 12.3. The maximum Gasteiger partial charge on any atom is 0.328 e. The Morgan fingerprint density at radius 1 is 1.11 bits per heavy atom. The molecule has 0 fully saturated rings. The van der Waals surface area contributed by atoms with E-state index in [-0.39, 0.29) is 15.7 Å². The zero-order valence-corrected chi connectivity index (χ0v) is 17.2. The van der Waals surface area contributed by atoms with Crippen LogP contribution in [0.25, 0.3) is 0 Å².